The zero-order valence-corrected chi connectivity index (χ0v) is 47.3. The Morgan fingerprint density at radius 2 is 1.53 bits per heavy atom. The van der Waals surface area contributed by atoms with E-state index in [4.69, 9.17) is 32.7 Å². The molecule has 0 fully saturated rings. The minimum atomic E-state index is -3.85. The van der Waals surface area contributed by atoms with Crippen LogP contribution in [0.5, 0.6) is 0 Å². The lowest BCUT2D eigenvalue weighted by atomic mass is 9.93. The van der Waals surface area contributed by atoms with Crippen molar-refractivity contribution in [2.24, 2.45) is 23.7 Å². The molecule has 0 radical (unpaired) electrons. The van der Waals surface area contributed by atoms with Gasteiger partial charge in [-0.05, 0) is 90.6 Å². The van der Waals surface area contributed by atoms with E-state index in [9.17, 15) is 23.7 Å². The normalized spacial score (nSPS) is 17.4. The largest absolute Gasteiger partial charge is 0.455 e. The highest BCUT2D eigenvalue weighted by molar-refractivity contribution is 7.55. The number of carbonyl (C=O) groups is 4. The monoisotopic (exact) mass is 1000 g/mol. The summed E-state index contributed by atoms with van der Waals surface area (Å²) in [6, 6.07) is 0. The number of carbonyl (C=O) groups excluding carboxylic acids is 4. The Hall–Kier alpha value is -3.56. The van der Waals surface area contributed by atoms with E-state index < -0.39 is 63.8 Å². The van der Waals surface area contributed by atoms with Gasteiger partial charge in [0.15, 0.2) is 32.0 Å². The van der Waals surface area contributed by atoms with Gasteiger partial charge in [-0.15, -0.1) is 11.3 Å². The number of hydrogen-bond donors (Lipinski definition) is 1. The molecule has 13 nitrogen and oxygen atoms in total. The molecular weight excluding hydrogens is 920 g/mol. The maximum atomic E-state index is 13.7. The Balaban J connectivity index is 3.44. The van der Waals surface area contributed by atoms with Gasteiger partial charge in [-0.25, -0.2) is 9.78 Å². The number of esters is 1. The third-order valence-corrected chi connectivity index (χ3v) is 19.7. The van der Waals surface area contributed by atoms with E-state index in [1.807, 2.05) is 85.8 Å². The smallest absolute Gasteiger partial charge is 0.407 e. The molecule has 0 aliphatic rings. The molecule has 0 bridgehead atoms. The topological polar surface area (TPSA) is 166 Å². The van der Waals surface area contributed by atoms with Gasteiger partial charge in [-0.1, -0.05) is 115 Å². The van der Waals surface area contributed by atoms with E-state index in [1.54, 1.807) is 32.4 Å². The molecule has 0 saturated carbocycles. The molecule has 16 heteroatoms. The number of ether oxygens (including phenoxy) is 3. The van der Waals surface area contributed by atoms with Gasteiger partial charge in [-0.3, -0.25) is 14.2 Å². The third kappa shape index (κ3) is 20.4. The van der Waals surface area contributed by atoms with E-state index >= 15 is 0 Å². The number of nitrogens with one attached hydrogen (secondary N) is 1. The van der Waals surface area contributed by atoms with Gasteiger partial charge >= 0.3 is 19.7 Å². The average Bonchev–Trinajstić information content (AvgIpc) is 3.73. The summed E-state index contributed by atoms with van der Waals surface area (Å²) in [6.07, 6.45) is 14.2. The van der Waals surface area contributed by atoms with Crippen molar-refractivity contribution in [2.45, 2.75) is 165 Å². The van der Waals surface area contributed by atoms with Crippen LogP contribution in [-0.2, 0) is 46.6 Å². The van der Waals surface area contributed by atoms with Crippen molar-refractivity contribution in [3.8, 4) is 0 Å². The average molecular weight is 1010 g/mol. The SMILES string of the molecule is CCOP(=O)(OCC)C(C)C(=O)O[C@H](c1csc([C@H](CC(C)C)OC(=O)NC)n1)[C@@H](C)/C=C/C=C(\C)[C@@H](OC)[C@@H](C)C(=O)/C=C/C(C)=C\C(C)=C/[C@H](C)[C@@H](/C=C(\C)CC=O)O[Si](C)(C)C(C)(C)C. The Morgan fingerprint density at radius 1 is 0.912 bits per heavy atom. The molecule has 1 aromatic rings. The molecule has 1 unspecified atom stereocenters. The molecule has 1 amide bonds. The third-order valence-electron chi connectivity index (χ3n) is 11.9. The van der Waals surface area contributed by atoms with Crippen LogP contribution in [-0.4, -0.2) is 82.7 Å². The van der Waals surface area contributed by atoms with Crippen LogP contribution < -0.4 is 5.32 Å². The van der Waals surface area contributed by atoms with Crippen LogP contribution in [0.3, 0.4) is 0 Å². The molecule has 1 heterocycles. The summed E-state index contributed by atoms with van der Waals surface area (Å²) in [6.45, 7) is 33.8. The highest BCUT2D eigenvalue weighted by Gasteiger charge is 2.41. The number of ketones is 1. The minimum Gasteiger partial charge on any atom is -0.455 e. The van der Waals surface area contributed by atoms with Crippen molar-refractivity contribution in [1.29, 1.82) is 0 Å². The molecule has 0 aliphatic carbocycles. The van der Waals surface area contributed by atoms with Gasteiger partial charge in [-0.2, -0.15) is 0 Å². The molecule has 0 saturated heterocycles. The van der Waals surface area contributed by atoms with Crippen LogP contribution in [0.1, 0.15) is 140 Å². The molecule has 384 valence electrons. The lowest BCUT2D eigenvalue weighted by molar-refractivity contribution is -0.151. The molecule has 8 atom stereocenters. The van der Waals surface area contributed by atoms with Crippen molar-refractivity contribution >= 4 is 51.4 Å². The Kier molecular flexibility index (Phi) is 27.2. The van der Waals surface area contributed by atoms with Crippen LogP contribution in [0.2, 0.25) is 18.1 Å². The zero-order valence-electron chi connectivity index (χ0n) is 44.6. The van der Waals surface area contributed by atoms with Crippen molar-refractivity contribution in [2.75, 3.05) is 27.4 Å². The van der Waals surface area contributed by atoms with E-state index in [0.717, 1.165) is 28.6 Å². The molecule has 0 aliphatic heterocycles. The van der Waals surface area contributed by atoms with Crippen molar-refractivity contribution in [3.05, 3.63) is 87.0 Å². The predicted molar refractivity (Wildman–Crippen MR) is 278 cm³/mol. The van der Waals surface area contributed by atoms with E-state index in [-0.39, 0.29) is 42.0 Å². The van der Waals surface area contributed by atoms with Gasteiger partial charge in [0.1, 0.15) is 11.3 Å². The Morgan fingerprint density at radius 3 is 2.06 bits per heavy atom. The minimum absolute atomic E-state index is 0.0248. The number of amides is 1. The van der Waals surface area contributed by atoms with Crippen LogP contribution >= 0.6 is 18.9 Å². The number of methoxy groups -OCH3 is 1. The first kappa shape index (κ1) is 62.5. The quantitative estimate of drug-likeness (QED) is 0.0154. The van der Waals surface area contributed by atoms with Gasteiger partial charge < -0.3 is 37.8 Å². The fourth-order valence-corrected chi connectivity index (χ4v) is 10.7. The summed E-state index contributed by atoms with van der Waals surface area (Å²) in [5, 5.41) is 4.83. The lowest BCUT2D eigenvalue weighted by Crippen LogP contribution is -2.45. The summed E-state index contributed by atoms with van der Waals surface area (Å²) in [5.41, 5.74) is 2.93. The highest BCUT2D eigenvalue weighted by atomic mass is 32.1. The van der Waals surface area contributed by atoms with Gasteiger partial charge in [0.2, 0.25) is 0 Å². The van der Waals surface area contributed by atoms with Crippen LogP contribution in [0.15, 0.2) is 76.3 Å². The second kappa shape index (κ2) is 29.6. The molecule has 1 aromatic heterocycles. The predicted octanol–water partition coefficient (Wildman–Crippen LogP) is 13.2. The van der Waals surface area contributed by atoms with E-state index in [0.29, 0.717) is 23.5 Å². The molecular formula is C52H85N2O11PSSi. The first-order valence-electron chi connectivity index (χ1n) is 23.8. The molecule has 68 heavy (non-hydrogen) atoms. The van der Waals surface area contributed by atoms with Gasteiger partial charge in [0.05, 0.1) is 31.1 Å². The summed E-state index contributed by atoms with van der Waals surface area (Å²) in [7, 11) is -2.90. The molecule has 0 spiro atoms. The summed E-state index contributed by atoms with van der Waals surface area (Å²) < 4.78 is 49.0. The second-order valence-corrected chi connectivity index (χ2v) is 27.5. The van der Waals surface area contributed by atoms with Crippen molar-refractivity contribution in [3.63, 3.8) is 0 Å². The Bertz CT molecular complexity index is 2020. The Labute approximate surface area is 414 Å². The second-order valence-electron chi connectivity index (χ2n) is 19.5. The number of hydrogen-bond acceptors (Lipinski definition) is 13. The van der Waals surface area contributed by atoms with Crippen LogP contribution in [0.25, 0.3) is 0 Å². The standard InChI is InChI=1S/C52H85N2O11PSSi/c1-20-61-66(59,62-21-2)42(12)50(57)64-48(43-33-67-49(54-43)46(29-34(3)4)63-51(58)53-16)39(9)24-22-23-38(8)47(60-17)41(11)44(56)26-25-35(5)30-37(7)31-40(10)45(32-36(6)27-28-55)65-68(18,19)52(13,14)15/h22-26,28,30-34,39-42,45-48H,20-21,27,29H2,1-19H3,(H,53,58)/b24-22+,26-25+,35-30-,36-32+,37-31-,38-23+/t39-,40-,41-,42?,45+,46-,47+,48-/m0/s1. The van der Waals surface area contributed by atoms with Gasteiger partial charge in [0, 0.05) is 43.7 Å². The highest BCUT2D eigenvalue weighted by Crippen LogP contribution is 2.53. The lowest BCUT2D eigenvalue weighted by Gasteiger charge is -2.40. The number of nitrogens with zero attached hydrogens (tertiary/aromatic N) is 1. The number of allylic oxidation sites excluding steroid dienone is 8. The number of rotatable bonds is 29. The molecule has 0 aromatic carbocycles. The molecule has 1 N–H and O–H groups in total. The number of aldehydes is 1. The first-order valence-corrected chi connectivity index (χ1v) is 29.2. The van der Waals surface area contributed by atoms with Gasteiger partial charge in [0.25, 0.3) is 0 Å². The number of aromatic nitrogens is 1. The summed E-state index contributed by atoms with van der Waals surface area (Å²) in [4.78, 5) is 55.6. The number of thiazole rings is 1. The summed E-state index contributed by atoms with van der Waals surface area (Å²) >= 11 is 1.29. The van der Waals surface area contributed by atoms with Crippen molar-refractivity contribution in [1.82, 2.24) is 10.3 Å². The molecule has 1 rings (SSSR count). The maximum Gasteiger partial charge on any atom is 0.407 e. The number of alkyl carbamates (subject to hydrolysis) is 1. The van der Waals surface area contributed by atoms with Crippen LogP contribution in [0.4, 0.5) is 4.79 Å². The van der Waals surface area contributed by atoms with Crippen molar-refractivity contribution < 1.29 is 51.4 Å². The summed E-state index contributed by atoms with van der Waals surface area (Å²) in [5.74, 6) is -1.62. The van der Waals surface area contributed by atoms with Crippen LogP contribution in [0, 0.1) is 23.7 Å². The van der Waals surface area contributed by atoms with E-state index in [2.05, 4.69) is 58.3 Å². The fourth-order valence-electron chi connectivity index (χ4n) is 6.94. The first-order chi connectivity index (χ1) is 31.6. The fraction of sp³-hybridized carbons (Fsp3) is 0.635. The maximum absolute atomic E-state index is 13.7. The zero-order chi connectivity index (χ0) is 52.2. The van der Waals surface area contributed by atoms with E-state index in [1.165, 1.54) is 25.3 Å².